The van der Waals surface area contributed by atoms with E-state index in [1.165, 1.54) is 268 Å². The van der Waals surface area contributed by atoms with Crippen LogP contribution >= 0.6 is 54.5 Å². The first-order chi connectivity index (χ1) is 33.3. The lowest BCUT2D eigenvalue weighted by Crippen LogP contribution is -2.05. The number of hydrogen-bond donors (Lipinski definition) is 0. The third-order valence-corrected chi connectivity index (χ3v) is 19.0. The van der Waals surface area contributed by atoms with E-state index in [1.54, 1.807) is 22.7 Å². The van der Waals surface area contributed by atoms with Crippen LogP contribution in [-0.2, 0) is 12.8 Å². The SMILES string of the molecule is CCCCCCCCCCCCC(CCCCCCCCCC)Cc1cc(-c2ccc(-c3cc(CC(CCCCCCCCCC)CCCCCCCCCCCC)c(Br)s3)c(F)c2F)sc1Br. The Morgan fingerprint density at radius 1 is 0.353 bits per heavy atom. The van der Waals surface area contributed by atoms with Crippen LogP contribution in [-0.4, -0.2) is 0 Å². The molecule has 0 nitrogen and oxygen atoms in total. The van der Waals surface area contributed by atoms with Gasteiger partial charge in [-0.25, -0.2) is 8.78 Å². The van der Waals surface area contributed by atoms with Crippen molar-refractivity contribution in [2.45, 2.75) is 297 Å². The third kappa shape index (κ3) is 26.9. The van der Waals surface area contributed by atoms with Crippen molar-refractivity contribution < 1.29 is 8.78 Å². The molecule has 0 saturated carbocycles. The van der Waals surface area contributed by atoms with Gasteiger partial charge in [0.25, 0.3) is 0 Å². The first kappa shape index (κ1) is 61.7. The molecule has 0 radical (unpaired) electrons. The fraction of sp³-hybridized carbons (Fsp3) is 0.774. The summed E-state index contributed by atoms with van der Waals surface area (Å²) in [6.07, 6.45) is 55.9. The highest BCUT2D eigenvalue weighted by Gasteiger charge is 2.23. The number of halogens is 4. The van der Waals surface area contributed by atoms with Crippen LogP contribution in [0.3, 0.4) is 0 Å². The first-order valence-corrected chi connectivity index (χ1v) is 32.6. The van der Waals surface area contributed by atoms with Gasteiger partial charge >= 0.3 is 0 Å². The summed E-state index contributed by atoms with van der Waals surface area (Å²) in [7, 11) is 0. The highest BCUT2D eigenvalue weighted by atomic mass is 79.9. The van der Waals surface area contributed by atoms with E-state index in [4.69, 9.17) is 0 Å². The minimum absolute atomic E-state index is 0.385. The molecule has 0 saturated heterocycles. The van der Waals surface area contributed by atoms with E-state index in [9.17, 15) is 0 Å². The number of unbranched alkanes of at least 4 members (excludes halogenated alkanes) is 32. The van der Waals surface area contributed by atoms with Gasteiger partial charge in [-0.15, -0.1) is 22.7 Å². The van der Waals surface area contributed by atoms with Gasteiger partial charge in [-0.3, -0.25) is 0 Å². The van der Waals surface area contributed by atoms with Crippen molar-refractivity contribution in [3.05, 3.63) is 54.6 Å². The zero-order valence-electron chi connectivity index (χ0n) is 44.5. The van der Waals surface area contributed by atoms with Crippen LogP contribution in [0.1, 0.15) is 296 Å². The number of rotatable bonds is 46. The Kier molecular flexibility index (Phi) is 37.1. The lowest BCUT2D eigenvalue weighted by Gasteiger charge is -2.17. The maximum atomic E-state index is 16.3. The van der Waals surface area contributed by atoms with Crippen molar-refractivity contribution >= 4 is 54.5 Å². The smallest absolute Gasteiger partial charge is 0.168 e. The summed E-state index contributed by atoms with van der Waals surface area (Å²) >= 11 is 10.9. The van der Waals surface area contributed by atoms with E-state index >= 15 is 8.78 Å². The molecular weight excluding hydrogens is 1010 g/mol. The van der Waals surface area contributed by atoms with Gasteiger partial charge in [0.1, 0.15) is 0 Å². The predicted molar refractivity (Wildman–Crippen MR) is 310 cm³/mol. The minimum Gasteiger partial charge on any atom is -0.203 e. The van der Waals surface area contributed by atoms with Gasteiger partial charge in [0.05, 0.1) is 7.57 Å². The molecule has 0 amide bonds. The highest BCUT2D eigenvalue weighted by molar-refractivity contribution is 9.11. The molecule has 0 spiro atoms. The fourth-order valence-electron chi connectivity index (χ4n) is 10.6. The van der Waals surface area contributed by atoms with Gasteiger partial charge in [-0.05, 0) is 91.9 Å². The largest absolute Gasteiger partial charge is 0.203 e. The standard InChI is InChI=1S/C62H102Br2F2S2/c1-5-9-13-17-21-25-27-31-35-39-43-51(41-37-33-29-23-19-15-11-7-3)47-53-49-57(67-61(53)63)55-45-46-56(60(66)59(55)65)58-50-54(62(64)68-58)48-52(42-38-34-30-24-20-16-12-8-4)44-40-36-32-28-26-22-18-14-10-6-2/h45-46,49-52H,5-44,47-48H2,1-4H3. The molecule has 2 aromatic heterocycles. The first-order valence-electron chi connectivity index (χ1n) is 29.4. The van der Waals surface area contributed by atoms with Crippen LogP contribution < -0.4 is 0 Å². The second kappa shape index (κ2) is 40.9. The highest BCUT2D eigenvalue weighted by Crippen LogP contribution is 2.43. The Labute approximate surface area is 444 Å². The summed E-state index contributed by atoms with van der Waals surface area (Å²) in [4.78, 5) is 1.65. The normalized spacial score (nSPS) is 12.7. The van der Waals surface area contributed by atoms with E-state index in [0.29, 0.717) is 23.0 Å². The van der Waals surface area contributed by atoms with E-state index in [2.05, 4.69) is 71.7 Å². The molecule has 0 fully saturated rings. The lowest BCUT2D eigenvalue weighted by atomic mass is 9.89. The number of hydrogen-bond acceptors (Lipinski definition) is 2. The average Bonchev–Trinajstić information content (AvgIpc) is 3.89. The Balaban J connectivity index is 1.64. The molecule has 2 atom stereocenters. The molecule has 2 unspecified atom stereocenters. The zero-order chi connectivity index (χ0) is 48.9. The lowest BCUT2D eigenvalue weighted by molar-refractivity contribution is 0.399. The van der Waals surface area contributed by atoms with E-state index in [1.807, 2.05) is 12.1 Å². The molecule has 3 rings (SSSR count). The van der Waals surface area contributed by atoms with Crippen molar-refractivity contribution in [3.63, 3.8) is 0 Å². The van der Waals surface area contributed by atoms with Gasteiger partial charge in [-0.1, -0.05) is 285 Å². The molecule has 3 aromatic rings. The van der Waals surface area contributed by atoms with Crippen LogP contribution in [0.25, 0.3) is 20.9 Å². The maximum Gasteiger partial charge on any atom is 0.168 e. The van der Waals surface area contributed by atoms with Crippen molar-refractivity contribution in [2.75, 3.05) is 0 Å². The molecule has 0 aliphatic heterocycles. The monoisotopic (exact) mass is 1110 g/mol. The van der Waals surface area contributed by atoms with E-state index < -0.39 is 11.6 Å². The molecule has 0 bridgehead atoms. The van der Waals surface area contributed by atoms with Crippen molar-refractivity contribution in [1.29, 1.82) is 0 Å². The van der Waals surface area contributed by atoms with Gasteiger partial charge in [0.15, 0.2) is 11.6 Å². The molecule has 390 valence electrons. The summed E-state index contributed by atoms with van der Waals surface area (Å²) in [5.74, 6) is -0.173. The van der Waals surface area contributed by atoms with E-state index in [-0.39, 0.29) is 0 Å². The topological polar surface area (TPSA) is 0 Å². The van der Waals surface area contributed by atoms with Crippen molar-refractivity contribution in [2.24, 2.45) is 11.8 Å². The summed E-state index contributed by atoms with van der Waals surface area (Å²) in [6, 6.07) is 7.99. The predicted octanol–water partition coefficient (Wildman–Crippen LogP) is 24.9. The molecule has 0 aliphatic rings. The quantitative estimate of drug-likeness (QED) is 0.0495. The summed E-state index contributed by atoms with van der Waals surface area (Å²) in [5.41, 5.74) is 3.29. The fourth-order valence-corrected chi connectivity index (χ4v) is 14.0. The molecule has 1 aromatic carbocycles. The molecule has 2 heterocycles. The maximum absolute atomic E-state index is 16.3. The molecule has 0 N–H and O–H groups in total. The summed E-state index contributed by atoms with van der Waals surface area (Å²) in [5, 5.41) is 0. The van der Waals surface area contributed by atoms with Gasteiger partial charge in [0.2, 0.25) is 0 Å². The van der Waals surface area contributed by atoms with Crippen molar-refractivity contribution in [3.8, 4) is 20.9 Å². The van der Waals surface area contributed by atoms with E-state index in [0.717, 1.165) is 30.2 Å². The van der Waals surface area contributed by atoms with Gasteiger partial charge in [-0.2, -0.15) is 0 Å². The minimum atomic E-state index is -0.719. The molecule has 0 aliphatic carbocycles. The molecule has 6 heteroatoms. The Hall–Kier alpha value is -0.560. The van der Waals surface area contributed by atoms with Crippen molar-refractivity contribution in [1.82, 2.24) is 0 Å². The van der Waals surface area contributed by atoms with Crippen LogP contribution in [0, 0.1) is 23.5 Å². The third-order valence-electron chi connectivity index (χ3n) is 15.0. The Bertz CT molecular complexity index is 1530. The van der Waals surface area contributed by atoms with Crippen LogP contribution in [0.4, 0.5) is 8.78 Å². The van der Waals surface area contributed by atoms with Gasteiger partial charge < -0.3 is 0 Å². The molecular formula is C62H102Br2F2S2. The zero-order valence-corrected chi connectivity index (χ0v) is 49.3. The summed E-state index contributed by atoms with van der Waals surface area (Å²) < 4.78 is 34.7. The Morgan fingerprint density at radius 2 is 0.574 bits per heavy atom. The average molecular weight is 1110 g/mol. The van der Waals surface area contributed by atoms with Crippen LogP contribution in [0.15, 0.2) is 31.8 Å². The number of benzene rings is 1. The summed E-state index contributed by atoms with van der Waals surface area (Å²) in [6.45, 7) is 9.17. The van der Waals surface area contributed by atoms with Crippen LogP contribution in [0.5, 0.6) is 0 Å². The number of thiophene rings is 2. The Morgan fingerprint density at radius 3 is 0.809 bits per heavy atom. The molecule has 68 heavy (non-hydrogen) atoms. The van der Waals surface area contributed by atoms with Crippen LogP contribution in [0.2, 0.25) is 0 Å². The van der Waals surface area contributed by atoms with Gasteiger partial charge in [0, 0.05) is 20.9 Å². The second-order valence-electron chi connectivity index (χ2n) is 21.2. The second-order valence-corrected chi connectivity index (χ2v) is 26.0.